The van der Waals surface area contributed by atoms with Crippen molar-refractivity contribution in [1.82, 2.24) is 0 Å². The van der Waals surface area contributed by atoms with Crippen LogP contribution in [0.5, 0.6) is 5.75 Å². The number of aryl methyl sites for hydroxylation is 1. The van der Waals surface area contributed by atoms with Gasteiger partial charge in [-0.3, -0.25) is 0 Å². The molecular weight excluding hydrogens is 522 g/mol. The van der Waals surface area contributed by atoms with Crippen LogP contribution in [0.25, 0.3) is 22.3 Å². The number of halogens is 2. The van der Waals surface area contributed by atoms with E-state index in [9.17, 15) is 0 Å². The van der Waals surface area contributed by atoms with E-state index in [0.29, 0.717) is 23.7 Å². The van der Waals surface area contributed by atoms with Crippen LogP contribution in [-0.4, -0.2) is 6.61 Å². The monoisotopic (exact) mass is 574 g/mol. The summed E-state index contributed by atoms with van der Waals surface area (Å²) in [6.45, 7) is 16.1. The number of hydrogen-bond donors (Lipinski definition) is 0. The standard InChI is InChI=1S/C39H52F2O/c1-8-27-24-35(31(9-2)32(10-3)38(27)42-25-39(11-4,12-5)13-6)34-23-22-33(36(40)37(34)41)30-20-18-29(19-21-30)28-16-14-26(7)15-17-28/h18-24,26,28H,8-17,25H2,1-7H3. The highest BCUT2D eigenvalue weighted by Gasteiger charge is 2.28. The molecule has 0 atom stereocenters. The summed E-state index contributed by atoms with van der Waals surface area (Å²) in [5.74, 6) is 0.778. The summed E-state index contributed by atoms with van der Waals surface area (Å²) in [5, 5.41) is 0. The zero-order chi connectivity index (χ0) is 30.4. The Hall–Kier alpha value is -2.68. The van der Waals surface area contributed by atoms with Crippen LogP contribution >= 0.6 is 0 Å². The zero-order valence-corrected chi connectivity index (χ0v) is 27.1. The van der Waals surface area contributed by atoms with Crippen molar-refractivity contribution < 1.29 is 13.5 Å². The van der Waals surface area contributed by atoms with Crippen molar-refractivity contribution in [3.8, 4) is 28.0 Å². The van der Waals surface area contributed by atoms with Gasteiger partial charge in [0.15, 0.2) is 11.6 Å². The van der Waals surface area contributed by atoms with Gasteiger partial charge in [0.1, 0.15) is 5.75 Å². The first kappa shape index (κ1) is 32.2. The lowest BCUT2D eigenvalue weighted by atomic mass is 9.79. The second-order valence-electron chi connectivity index (χ2n) is 12.6. The molecule has 4 rings (SSSR count). The fourth-order valence-electron chi connectivity index (χ4n) is 7.07. The van der Waals surface area contributed by atoms with Gasteiger partial charge >= 0.3 is 0 Å². The van der Waals surface area contributed by atoms with Gasteiger partial charge in [-0.25, -0.2) is 8.78 Å². The lowest BCUT2D eigenvalue weighted by Gasteiger charge is -2.32. The second kappa shape index (κ2) is 14.2. The Balaban J connectivity index is 1.70. The molecule has 3 heteroatoms. The molecular formula is C39H52F2O. The van der Waals surface area contributed by atoms with Gasteiger partial charge in [-0.15, -0.1) is 0 Å². The van der Waals surface area contributed by atoms with Crippen molar-refractivity contribution in [2.75, 3.05) is 6.61 Å². The van der Waals surface area contributed by atoms with Crippen molar-refractivity contribution in [2.45, 2.75) is 119 Å². The highest BCUT2D eigenvalue weighted by atomic mass is 19.2. The largest absolute Gasteiger partial charge is 0.492 e. The summed E-state index contributed by atoms with van der Waals surface area (Å²) in [6, 6.07) is 13.7. The maximum absolute atomic E-state index is 16.0. The van der Waals surface area contributed by atoms with E-state index in [4.69, 9.17) is 4.74 Å². The normalized spacial score (nSPS) is 17.5. The van der Waals surface area contributed by atoms with Crippen molar-refractivity contribution in [2.24, 2.45) is 11.3 Å². The van der Waals surface area contributed by atoms with E-state index in [1.54, 1.807) is 12.1 Å². The van der Waals surface area contributed by atoms with E-state index in [-0.39, 0.29) is 5.41 Å². The van der Waals surface area contributed by atoms with Gasteiger partial charge < -0.3 is 4.74 Å². The average molecular weight is 575 g/mol. The maximum atomic E-state index is 16.0. The molecule has 0 bridgehead atoms. The third-order valence-electron chi connectivity index (χ3n) is 10.5. The third-order valence-corrected chi connectivity index (χ3v) is 10.5. The Kier molecular flexibility index (Phi) is 10.9. The maximum Gasteiger partial charge on any atom is 0.167 e. The molecule has 0 aliphatic heterocycles. The highest BCUT2D eigenvalue weighted by Crippen LogP contribution is 2.42. The lowest BCUT2D eigenvalue weighted by molar-refractivity contribution is 0.126. The molecule has 0 heterocycles. The molecule has 0 amide bonds. The van der Waals surface area contributed by atoms with E-state index in [1.165, 1.54) is 31.2 Å². The Labute approximate surface area is 254 Å². The minimum atomic E-state index is -0.774. The van der Waals surface area contributed by atoms with Crippen LogP contribution in [0.15, 0.2) is 42.5 Å². The first-order chi connectivity index (χ1) is 20.3. The number of benzene rings is 3. The van der Waals surface area contributed by atoms with Crippen LogP contribution in [0.2, 0.25) is 0 Å². The molecule has 0 spiro atoms. The topological polar surface area (TPSA) is 9.23 Å². The minimum absolute atomic E-state index is 0.152. The average Bonchev–Trinajstić information content (AvgIpc) is 3.03. The Morgan fingerprint density at radius 3 is 1.81 bits per heavy atom. The van der Waals surface area contributed by atoms with E-state index < -0.39 is 11.6 Å². The SMILES string of the molecule is CCc1cc(-c2ccc(-c3ccc(C4CCC(C)CC4)cc3)c(F)c2F)c(CC)c(CC)c1OCC(CC)(CC)CC. The molecule has 1 aliphatic carbocycles. The number of hydrogen-bond acceptors (Lipinski definition) is 1. The van der Waals surface area contributed by atoms with Crippen molar-refractivity contribution >= 4 is 0 Å². The summed E-state index contributed by atoms with van der Waals surface area (Å²) in [4.78, 5) is 0. The van der Waals surface area contributed by atoms with Gasteiger partial charge in [0.25, 0.3) is 0 Å². The van der Waals surface area contributed by atoms with E-state index in [1.807, 2.05) is 12.1 Å². The fraction of sp³-hybridized carbons (Fsp3) is 0.538. The van der Waals surface area contributed by atoms with Crippen LogP contribution in [0.4, 0.5) is 8.78 Å². The molecule has 0 aromatic heterocycles. The van der Waals surface area contributed by atoms with Crippen LogP contribution in [0, 0.1) is 23.0 Å². The Morgan fingerprint density at radius 1 is 0.690 bits per heavy atom. The van der Waals surface area contributed by atoms with Crippen LogP contribution in [0.3, 0.4) is 0 Å². The first-order valence-corrected chi connectivity index (χ1v) is 16.6. The fourth-order valence-corrected chi connectivity index (χ4v) is 7.07. The molecule has 1 fully saturated rings. The van der Waals surface area contributed by atoms with Gasteiger partial charge in [0, 0.05) is 16.5 Å². The molecule has 1 nitrogen and oxygen atoms in total. The van der Waals surface area contributed by atoms with Gasteiger partial charge in [-0.1, -0.05) is 97.7 Å². The van der Waals surface area contributed by atoms with Crippen LogP contribution in [-0.2, 0) is 19.3 Å². The third kappa shape index (κ3) is 6.46. The molecule has 3 aromatic carbocycles. The van der Waals surface area contributed by atoms with E-state index in [2.05, 4.69) is 66.7 Å². The minimum Gasteiger partial charge on any atom is -0.492 e. The molecule has 0 unspecified atom stereocenters. The number of ether oxygens (including phenoxy) is 1. The van der Waals surface area contributed by atoms with Crippen LogP contribution < -0.4 is 4.74 Å². The van der Waals surface area contributed by atoms with Gasteiger partial charge in [0.05, 0.1) is 6.61 Å². The number of rotatable bonds is 12. The van der Waals surface area contributed by atoms with Crippen LogP contribution in [0.1, 0.15) is 122 Å². The van der Waals surface area contributed by atoms with E-state index in [0.717, 1.165) is 78.0 Å². The Bertz CT molecular complexity index is 1320. The second-order valence-corrected chi connectivity index (χ2v) is 12.6. The highest BCUT2D eigenvalue weighted by molar-refractivity contribution is 5.76. The molecule has 42 heavy (non-hydrogen) atoms. The summed E-state index contributed by atoms with van der Waals surface area (Å²) >= 11 is 0. The molecule has 228 valence electrons. The Morgan fingerprint density at radius 2 is 1.26 bits per heavy atom. The van der Waals surface area contributed by atoms with Crippen molar-refractivity contribution in [3.63, 3.8) is 0 Å². The molecule has 3 aromatic rings. The molecule has 0 radical (unpaired) electrons. The van der Waals surface area contributed by atoms with Crippen molar-refractivity contribution in [1.29, 1.82) is 0 Å². The predicted octanol–water partition coefficient (Wildman–Crippen LogP) is 11.9. The summed E-state index contributed by atoms with van der Waals surface area (Å²) in [7, 11) is 0. The first-order valence-electron chi connectivity index (χ1n) is 16.6. The van der Waals surface area contributed by atoms with Crippen molar-refractivity contribution in [3.05, 3.63) is 76.4 Å². The molecule has 0 saturated heterocycles. The molecule has 0 N–H and O–H groups in total. The van der Waals surface area contributed by atoms with Gasteiger partial charge in [-0.05, 0) is 103 Å². The van der Waals surface area contributed by atoms with Gasteiger partial charge in [-0.2, -0.15) is 0 Å². The quantitative estimate of drug-likeness (QED) is 0.209. The van der Waals surface area contributed by atoms with E-state index >= 15 is 8.78 Å². The summed E-state index contributed by atoms with van der Waals surface area (Å²) in [5.41, 5.74) is 6.87. The summed E-state index contributed by atoms with van der Waals surface area (Å²) < 4.78 is 38.4. The molecule has 1 saturated carbocycles. The lowest BCUT2D eigenvalue weighted by Crippen LogP contribution is -2.27. The summed E-state index contributed by atoms with van der Waals surface area (Å²) in [6.07, 6.45) is 10.4. The zero-order valence-electron chi connectivity index (χ0n) is 27.1. The predicted molar refractivity (Wildman–Crippen MR) is 175 cm³/mol. The smallest absolute Gasteiger partial charge is 0.167 e. The van der Waals surface area contributed by atoms with Gasteiger partial charge in [0.2, 0.25) is 0 Å². The molecule has 1 aliphatic rings.